The molecule has 0 aliphatic carbocycles. The van der Waals surface area contributed by atoms with Crippen molar-refractivity contribution in [1.82, 2.24) is 0 Å². The third-order valence-corrected chi connectivity index (χ3v) is 4.34. The third kappa shape index (κ3) is 2.67. The maximum atomic E-state index is 5.66. The first-order valence-corrected chi connectivity index (χ1v) is 7.21. The third-order valence-electron chi connectivity index (χ3n) is 3.49. The molecule has 1 unspecified atom stereocenters. The van der Waals surface area contributed by atoms with Gasteiger partial charge in [-0.2, -0.15) is 0 Å². The van der Waals surface area contributed by atoms with Crippen molar-refractivity contribution < 1.29 is 4.74 Å². The fraction of sp³-hybridized carbons (Fsp3) is 0.250. The van der Waals surface area contributed by atoms with E-state index in [-0.39, 0.29) is 6.04 Å². The molecule has 19 heavy (non-hydrogen) atoms. The zero-order valence-electron chi connectivity index (χ0n) is 10.8. The molecule has 0 radical (unpaired) electrons. The van der Waals surface area contributed by atoms with Crippen molar-refractivity contribution in [2.45, 2.75) is 19.6 Å². The van der Waals surface area contributed by atoms with Crippen LogP contribution in [0.5, 0.6) is 0 Å². The quantitative estimate of drug-likeness (QED) is 0.884. The standard InChI is InChI=1S/C16H16BrNO/c1-11-6-7-13(8-15(11)17)18-16-10-19-9-12-4-2-3-5-14(12)16/h2-8,16,18H,9-10H2,1H3. The van der Waals surface area contributed by atoms with E-state index in [1.165, 1.54) is 16.7 Å². The van der Waals surface area contributed by atoms with E-state index in [1.807, 2.05) is 0 Å². The molecule has 2 nitrogen and oxygen atoms in total. The predicted octanol–water partition coefficient (Wildman–Crippen LogP) is 4.44. The van der Waals surface area contributed by atoms with Gasteiger partial charge in [-0.05, 0) is 35.7 Å². The van der Waals surface area contributed by atoms with Crippen LogP contribution in [-0.2, 0) is 11.3 Å². The van der Waals surface area contributed by atoms with Gasteiger partial charge in [-0.25, -0.2) is 0 Å². The van der Waals surface area contributed by atoms with E-state index in [1.54, 1.807) is 0 Å². The van der Waals surface area contributed by atoms with Crippen molar-refractivity contribution in [3.63, 3.8) is 0 Å². The van der Waals surface area contributed by atoms with Crippen LogP contribution >= 0.6 is 15.9 Å². The van der Waals surface area contributed by atoms with Gasteiger partial charge in [-0.1, -0.05) is 46.3 Å². The van der Waals surface area contributed by atoms with Crippen molar-refractivity contribution in [3.05, 3.63) is 63.6 Å². The van der Waals surface area contributed by atoms with Crippen LogP contribution in [0.1, 0.15) is 22.7 Å². The number of aryl methyl sites for hydroxylation is 1. The number of fused-ring (bicyclic) bond motifs is 1. The Morgan fingerprint density at radius 1 is 1.21 bits per heavy atom. The van der Waals surface area contributed by atoms with E-state index >= 15 is 0 Å². The van der Waals surface area contributed by atoms with Crippen LogP contribution in [0, 0.1) is 6.92 Å². The molecule has 98 valence electrons. The lowest BCUT2D eigenvalue weighted by Crippen LogP contribution is -2.23. The number of rotatable bonds is 2. The Kier molecular flexibility index (Phi) is 3.58. The van der Waals surface area contributed by atoms with E-state index in [2.05, 4.69) is 70.6 Å². The maximum Gasteiger partial charge on any atom is 0.0751 e. The molecule has 0 saturated heterocycles. The summed E-state index contributed by atoms with van der Waals surface area (Å²) in [5, 5.41) is 3.55. The number of hydrogen-bond acceptors (Lipinski definition) is 2. The lowest BCUT2D eigenvalue weighted by atomic mass is 9.99. The molecule has 1 N–H and O–H groups in total. The number of halogens is 1. The average molecular weight is 318 g/mol. The maximum absolute atomic E-state index is 5.66. The van der Waals surface area contributed by atoms with Gasteiger partial charge in [0.2, 0.25) is 0 Å². The molecule has 2 aromatic carbocycles. The van der Waals surface area contributed by atoms with Crippen LogP contribution in [0.3, 0.4) is 0 Å². The number of nitrogens with one attached hydrogen (secondary N) is 1. The second-order valence-corrected chi connectivity index (χ2v) is 5.73. The Hall–Kier alpha value is -1.32. The van der Waals surface area contributed by atoms with Crippen LogP contribution in [0.25, 0.3) is 0 Å². The smallest absolute Gasteiger partial charge is 0.0751 e. The summed E-state index contributed by atoms with van der Waals surface area (Å²) in [6.45, 7) is 3.52. The molecule has 0 spiro atoms. The highest BCUT2D eigenvalue weighted by atomic mass is 79.9. The van der Waals surface area contributed by atoms with E-state index in [9.17, 15) is 0 Å². The van der Waals surface area contributed by atoms with Gasteiger partial charge in [0.05, 0.1) is 19.3 Å². The molecule has 3 rings (SSSR count). The Morgan fingerprint density at radius 3 is 2.89 bits per heavy atom. The first-order chi connectivity index (χ1) is 9.24. The van der Waals surface area contributed by atoms with Gasteiger partial charge in [0, 0.05) is 10.2 Å². The molecule has 0 saturated carbocycles. The minimum absolute atomic E-state index is 0.222. The second kappa shape index (κ2) is 5.35. The van der Waals surface area contributed by atoms with Crippen LogP contribution in [0.2, 0.25) is 0 Å². The van der Waals surface area contributed by atoms with E-state index in [0.29, 0.717) is 13.2 Å². The first kappa shape index (κ1) is 12.7. The summed E-state index contributed by atoms with van der Waals surface area (Å²) in [4.78, 5) is 0. The SMILES string of the molecule is Cc1ccc(NC2COCc3ccccc32)cc1Br. The number of hydrogen-bond donors (Lipinski definition) is 1. The molecule has 0 aromatic heterocycles. The normalized spacial score (nSPS) is 17.9. The van der Waals surface area contributed by atoms with Crippen molar-refractivity contribution in [3.8, 4) is 0 Å². The molecule has 1 atom stereocenters. The van der Waals surface area contributed by atoms with E-state index < -0.39 is 0 Å². The Bertz CT molecular complexity index is 597. The molecule has 1 heterocycles. The van der Waals surface area contributed by atoms with Gasteiger partial charge < -0.3 is 10.1 Å². The topological polar surface area (TPSA) is 21.3 Å². The zero-order valence-corrected chi connectivity index (χ0v) is 12.4. The summed E-state index contributed by atoms with van der Waals surface area (Å²) in [6, 6.07) is 15.0. The minimum Gasteiger partial charge on any atom is -0.376 e. The average Bonchev–Trinajstić information content (AvgIpc) is 2.43. The Morgan fingerprint density at radius 2 is 2.05 bits per heavy atom. The summed E-state index contributed by atoms with van der Waals surface area (Å²) >= 11 is 3.57. The summed E-state index contributed by atoms with van der Waals surface area (Å²) < 4.78 is 6.79. The Balaban J connectivity index is 1.86. The number of ether oxygens (including phenoxy) is 1. The highest BCUT2D eigenvalue weighted by Gasteiger charge is 2.20. The van der Waals surface area contributed by atoms with E-state index in [4.69, 9.17) is 4.74 Å². The predicted molar refractivity (Wildman–Crippen MR) is 81.3 cm³/mol. The fourth-order valence-corrected chi connectivity index (χ4v) is 2.76. The molecule has 2 aromatic rings. The molecule has 0 fully saturated rings. The van der Waals surface area contributed by atoms with Crippen molar-refractivity contribution >= 4 is 21.6 Å². The first-order valence-electron chi connectivity index (χ1n) is 6.42. The van der Waals surface area contributed by atoms with Crippen molar-refractivity contribution in [1.29, 1.82) is 0 Å². The van der Waals surface area contributed by atoms with Crippen molar-refractivity contribution in [2.24, 2.45) is 0 Å². The molecule has 3 heteroatoms. The van der Waals surface area contributed by atoms with Gasteiger partial charge in [0.1, 0.15) is 0 Å². The highest BCUT2D eigenvalue weighted by Crippen LogP contribution is 2.29. The second-order valence-electron chi connectivity index (χ2n) is 4.87. The molecule has 0 amide bonds. The summed E-state index contributed by atoms with van der Waals surface area (Å²) in [7, 11) is 0. The largest absolute Gasteiger partial charge is 0.376 e. The Labute approximate surface area is 121 Å². The summed E-state index contributed by atoms with van der Waals surface area (Å²) in [5.74, 6) is 0. The number of benzene rings is 2. The van der Waals surface area contributed by atoms with Gasteiger partial charge >= 0.3 is 0 Å². The zero-order chi connectivity index (χ0) is 13.2. The van der Waals surface area contributed by atoms with Gasteiger partial charge in [0.15, 0.2) is 0 Å². The summed E-state index contributed by atoms with van der Waals surface area (Å²) in [6.07, 6.45) is 0. The molecule has 0 bridgehead atoms. The van der Waals surface area contributed by atoms with Gasteiger partial charge in [-0.15, -0.1) is 0 Å². The molecular weight excluding hydrogens is 302 g/mol. The molecule has 1 aliphatic heterocycles. The fourth-order valence-electron chi connectivity index (χ4n) is 2.39. The van der Waals surface area contributed by atoms with Crippen LogP contribution in [0.15, 0.2) is 46.9 Å². The van der Waals surface area contributed by atoms with Crippen molar-refractivity contribution in [2.75, 3.05) is 11.9 Å². The van der Waals surface area contributed by atoms with E-state index in [0.717, 1.165) is 10.2 Å². The van der Waals surface area contributed by atoms with Crippen LogP contribution < -0.4 is 5.32 Å². The van der Waals surface area contributed by atoms with Gasteiger partial charge in [0.25, 0.3) is 0 Å². The number of anilines is 1. The minimum atomic E-state index is 0.222. The summed E-state index contributed by atoms with van der Waals surface area (Å²) in [5.41, 5.74) is 4.97. The van der Waals surface area contributed by atoms with Gasteiger partial charge in [-0.3, -0.25) is 0 Å². The van der Waals surface area contributed by atoms with Crippen LogP contribution in [-0.4, -0.2) is 6.61 Å². The molecule has 1 aliphatic rings. The monoisotopic (exact) mass is 317 g/mol. The van der Waals surface area contributed by atoms with Crippen LogP contribution in [0.4, 0.5) is 5.69 Å². The highest BCUT2D eigenvalue weighted by molar-refractivity contribution is 9.10. The lowest BCUT2D eigenvalue weighted by molar-refractivity contribution is 0.0970. The molecular formula is C16H16BrNO. The lowest BCUT2D eigenvalue weighted by Gasteiger charge is -2.27.